The van der Waals surface area contributed by atoms with Crippen LogP contribution in [0, 0.1) is 21.4 Å². The summed E-state index contributed by atoms with van der Waals surface area (Å²) >= 11 is 0. The van der Waals surface area contributed by atoms with Crippen LogP contribution in [0.3, 0.4) is 0 Å². The molecule has 1 aromatic heterocycles. The van der Waals surface area contributed by atoms with E-state index >= 15 is 0 Å². The molecule has 1 aromatic carbocycles. The monoisotopic (exact) mass is 270 g/mol. The Morgan fingerprint density at radius 3 is 2.80 bits per heavy atom. The molecule has 0 fully saturated rings. The van der Waals surface area contributed by atoms with Gasteiger partial charge in [0, 0.05) is 30.9 Å². The summed E-state index contributed by atoms with van der Waals surface area (Å²) in [5.74, 6) is 0. The lowest BCUT2D eigenvalue weighted by atomic mass is 10.1. The third kappa shape index (κ3) is 3.00. The molecule has 0 aliphatic rings. The Labute approximate surface area is 113 Å². The molecule has 2 rings (SSSR count). The molecule has 2 aromatic rings. The average molecular weight is 270 g/mol. The van der Waals surface area contributed by atoms with Crippen LogP contribution in [0.25, 0.3) is 0 Å². The molecule has 100 valence electrons. The van der Waals surface area contributed by atoms with Crippen LogP contribution in [0.2, 0.25) is 0 Å². The van der Waals surface area contributed by atoms with Crippen molar-refractivity contribution in [2.75, 3.05) is 5.32 Å². The Bertz CT molecular complexity index is 746. The minimum Gasteiger partial charge on any atom is -0.380 e. The van der Waals surface area contributed by atoms with Crippen molar-refractivity contribution < 1.29 is 4.92 Å². The van der Waals surface area contributed by atoms with E-state index in [1.165, 1.54) is 30.5 Å². The molecule has 0 amide bonds. The van der Waals surface area contributed by atoms with E-state index in [0.717, 1.165) is 5.56 Å². The van der Waals surface area contributed by atoms with E-state index < -0.39 is 4.92 Å². The predicted octanol–water partition coefficient (Wildman–Crippen LogP) is 1.77. The fourth-order valence-corrected chi connectivity index (χ4v) is 1.69. The number of nitrogens with one attached hydrogen (secondary N) is 2. The smallest absolute Gasteiger partial charge is 0.270 e. The highest BCUT2D eigenvalue weighted by Crippen LogP contribution is 2.21. The number of aromatic nitrogens is 1. The first-order valence-electron chi connectivity index (χ1n) is 5.70. The topological polar surface area (TPSA) is 112 Å². The van der Waals surface area contributed by atoms with E-state index in [1.54, 1.807) is 6.07 Å². The molecule has 7 nitrogen and oxygen atoms in total. The summed E-state index contributed by atoms with van der Waals surface area (Å²) in [4.78, 5) is 23.7. The zero-order valence-electron chi connectivity index (χ0n) is 10.3. The first kappa shape index (κ1) is 13.3. The number of nitro benzene ring substituents is 1. The highest BCUT2D eigenvalue weighted by molar-refractivity contribution is 5.61. The maximum atomic E-state index is 11.1. The van der Waals surface area contributed by atoms with Crippen molar-refractivity contribution in [3.05, 3.63) is 68.1 Å². The molecule has 0 aliphatic carbocycles. The fourth-order valence-electron chi connectivity index (χ4n) is 1.69. The number of non-ortho nitro benzene ring substituents is 1. The van der Waals surface area contributed by atoms with Crippen molar-refractivity contribution in [3.63, 3.8) is 0 Å². The van der Waals surface area contributed by atoms with Crippen molar-refractivity contribution in [3.8, 4) is 6.07 Å². The van der Waals surface area contributed by atoms with Crippen molar-refractivity contribution in [1.82, 2.24) is 4.98 Å². The average Bonchev–Trinajstić information content (AvgIpc) is 2.45. The van der Waals surface area contributed by atoms with Crippen LogP contribution in [0.15, 0.2) is 41.3 Å². The molecule has 2 N–H and O–H groups in total. The maximum absolute atomic E-state index is 11.1. The molecule has 0 bridgehead atoms. The number of anilines is 1. The van der Waals surface area contributed by atoms with Crippen LogP contribution in [-0.2, 0) is 6.54 Å². The zero-order valence-corrected chi connectivity index (χ0v) is 10.3. The van der Waals surface area contributed by atoms with Gasteiger partial charge >= 0.3 is 0 Å². The number of pyridine rings is 1. The van der Waals surface area contributed by atoms with Crippen molar-refractivity contribution >= 4 is 11.4 Å². The van der Waals surface area contributed by atoms with Crippen LogP contribution in [0.5, 0.6) is 0 Å². The van der Waals surface area contributed by atoms with Gasteiger partial charge in [0.05, 0.1) is 16.2 Å². The van der Waals surface area contributed by atoms with Crippen molar-refractivity contribution in [2.24, 2.45) is 0 Å². The Morgan fingerprint density at radius 2 is 2.15 bits per heavy atom. The summed E-state index contributed by atoms with van der Waals surface area (Å²) < 4.78 is 0. The molecule has 0 saturated heterocycles. The number of benzene rings is 1. The van der Waals surface area contributed by atoms with Crippen LogP contribution in [0.1, 0.15) is 11.1 Å². The number of hydrogen-bond acceptors (Lipinski definition) is 5. The van der Waals surface area contributed by atoms with Gasteiger partial charge in [-0.2, -0.15) is 5.26 Å². The lowest BCUT2D eigenvalue weighted by Gasteiger charge is -2.07. The minimum atomic E-state index is -0.554. The minimum absolute atomic E-state index is 0.136. The molecule has 0 atom stereocenters. The second-order valence-electron chi connectivity index (χ2n) is 4.01. The molecular weight excluding hydrogens is 260 g/mol. The highest BCUT2D eigenvalue weighted by Gasteiger charge is 2.10. The first-order valence-corrected chi connectivity index (χ1v) is 5.70. The van der Waals surface area contributed by atoms with E-state index in [4.69, 9.17) is 5.26 Å². The van der Waals surface area contributed by atoms with Crippen LogP contribution in [-0.4, -0.2) is 9.91 Å². The summed E-state index contributed by atoms with van der Waals surface area (Å²) in [7, 11) is 0. The van der Waals surface area contributed by atoms with E-state index in [9.17, 15) is 14.9 Å². The van der Waals surface area contributed by atoms with Crippen LogP contribution < -0.4 is 10.9 Å². The van der Waals surface area contributed by atoms with E-state index in [0.29, 0.717) is 12.2 Å². The lowest BCUT2D eigenvalue weighted by Crippen LogP contribution is -2.08. The number of nitro groups is 1. The zero-order chi connectivity index (χ0) is 14.5. The van der Waals surface area contributed by atoms with Crippen molar-refractivity contribution in [1.29, 1.82) is 5.26 Å². The normalized spacial score (nSPS) is 9.75. The molecule has 1 heterocycles. The van der Waals surface area contributed by atoms with E-state index in [1.807, 2.05) is 6.07 Å². The van der Waals surface area contributed by atoms with Gasteiger partial charge in [-0.15, -0.1) is 0 Å². The van der Waals surface area contributed by atoms with Gasteiger partial charge in [-0.25, -0.2) is 0 Å². The quantitative estimate of drug-likeness (QED) is 0.649. The van der Waals surface area contributed by atoms with Gasteiger partial charge in [-0.3, -0.25) is 14.9 Å². The molecular formula is C13H10N4O3. The standard InChI is InChI=1S/C13H10N4O3/c14-7-10-6-11(17(19)20)1-2-12(10)16-8-9-3-4-15-13(18)5-9/h1-6,16H,8H2,(H,15,18). The summed E-state index contributed by atoms with van der Waals surface area (Å²) in [5, 5.41) is 22.6. The van der Waals surface area contributed by atoms with Gasteiger partial charge in [-0.1, -0.05) is 0 Å². The second kappa shape index (κ2) is 5.67. The Hall–Kier alpha value is -3.14. The molecule has 0 radical (unpaired) electrons. The number of H-pyrrole nitrogens is 1. The Kier molecular flexibility index (Phi) is 3.77. The largest absolute Gasteiger partial charge is 0.380 e. The predicted molar refractivity (Wildman–Crippen MR) is 72.2 cm³/mol. The molecule has 20 heavy (non-hydrogen) atoms. The van der Waals surface area contributed by atoms with Gasteiger partial charge in [0.1, 0.15) is 6.07 Å². The molecule has 7 heteroatoms. The summed E-state index contributed by atoms with van der Waals surface area (Å²) in [6, 6.07) is 9.07. The van der Waals surface area contributed by atoms with Gasteiger partial charge in [0.15, 0.2) is 0 Å². The fraction of sp³-hybridized carbons (Fsp3) is 0.0769. The molecule has 0 aliphatic heterocycles. The van der Waals surface area contributed by atoms with Gasteiger partial charge in [0.2, 0.25) is 5.56 Å². The van der Waals surface area contributed by atoms with E-state index in [-0.39, 0.29) is 16.8 Å². The molecule has 0 unspecified atom stereocenters. The molecule has 0 saturated carbocycles. The summed E-state index contributed by atoms with van der Waals surface area (Å²) in [6.07, 6.45) is 1.53. The number of nitrogens with zero attached hydrogens (tertiary/aromatic N) is 2. The number of rotatable bonds is 4. The van der Waals surface area contributed by atoms with E-state index in [2.05, 4.69) is 10.3 Å². The van der Waals surface area contributed by atoms with Gasteiger partial charge < -0.3 is 10.3 Å². The summed E-state index contributed by atoms with van der Waals surface area (Å²) in [5.41, 5.74) is 1.06. The number of hydrogen-bond donors (Lipinski definition) is 2. The maximum Gasteiger partial charge on any atom is 0.270 e. The number of aromatic amines is 1. The van der Waals surface area contributed by atoms with Crippen molar-refractivity contribution in [2.45, 2.75) is 6.54 Å². The van der Waals surface area contributed by atoms with Crippen LogP contribution >= 0.6 is 0 Å². The van der Waals surface area contributed by atoms with Gasteiger partial charge in [0.25, 0.3) is 5.69 Å². The Morgan fingerprint density at radius 1 is 1.35 bits per heavy atom. The highest BCUT2D eigenvalue weighted by atomic mass is 16.6. The lowest BCUT2D eigenvalue weighted by molar-refractivity contribution is -0.384. The summed E-state index contributed by atoms with van der Waals surface area (Å²) in [6.45, 7) is 0.344. The van der Waals surface area contributed by atoms with Gasteiger partial charge in [-0.05, 0) is 17.7 Å². The Balaban J connectivity index is 2.20. The third-order valence-corrected chi connectivity index (χ3v) is 2.66. The molecule has 0 spiro atoms. The van der Waals surface area contributed by atoms with Crippen LogP contribution in [0.4, 0.5) is 11.4 Å². The number of nitriles is 1. The second-order valence-corrected chi connectivity index (χ2v) is 4.01. The SMILES string of the molecule is N#Cc1cc([N+](=O)[O-])ccc1NCc1cc[nH]c(=O)c1. The first-order chi connectivity index (χ1) is 9.60. The third-order valence-electron chi connectivity index (χ3n) is 2.66.